The summed E-state index contributed by atoms with van der Waals surface area (Å²) in [4.78, 5) is 6.59. The Labute approximate surface area is 160 Å². The van der Waals surface area contributed by atoms with Crippen LogP contribution in [0.1, 0.15) is 19.3 Å². The van der Waals surface area contributed by atoms with Crippen LogP contribution in [0.3, 0.4) is 0 Å². The van der Waals surface area contributed by atoms with Crippen LogP contribution in [-0.4, -0.2) is 64.9 Å². The predicted octanol–water partition coefficient (Wildman–Crippen LogP) is 1.37. The van der Waals surface area contributed by atoms with E-state index in [0.717, 1.165) is 49.7 Å². The first-order chi connectivity index (χ1) is 12.8. The minimum absolute atomic E-state index is 0.117. The number of anilines is 1. The van der Waals surface area contributed by atoms with Gasteiger partial charge < -0.3 is 9.47 Å². The molecule has 2 aromatic heterocycles. The first kappa shape index (κ1) is 18.4. The molecule has 3 atom stereocenters. The maximum atomic E-state index is 11.9. The summed E-state index contributed by atoms with van der Waals surface area (Å²) in [5.74, 6) is 2.78. The van der Waals surface area contributed by atoms with Gasteiger partial charge in [-0.3, -0.25) is 0 Å². The van der Waals surface area contributed by atoms with E-state index in [4.69, 9.17) is 0 Å². The molecule has 0 spiro atoms. The van der Waals surface area contributed by atoms with E-state index in [-0.39, 0.29) is 6.04 Å². The van der Waals surface area contributed by atoms with Crippen molar-refractivity contribution in [2.75, 3.05) is 31.3 Å². The van der Waals surface area contributed by atoms with Crippen LogP contribution in [0.25, 0.3) is 11.5 Å². The van der Waals surface area contributed by atoms with Gasteiger partial charge in [-0.25, -0.2) is 17.7 Å². The summed E-state index contributed by atoms with van der Waals surface area (Å²) < 4.78 is 27.2. The molecule has 0 amide bonds. The minimum atomic E-state index is -3.14. The van der Waals surface area contributed by atoms with Crippen LogP contribution in [0.4, 0.5) is 5.82 Å². The SMILES string of the molecule is CN([C@H]1C[C@H]2CCN(c3ccc(-c4nccn4C)nn3)C[C@H]2C1)S(C)(=O)=O. The number of fused-ring (bicyclic) bond motifs is 1. The Kier molecular flexibility index (Phi) is 4.67. The van der Waals surface area contributed by atoms with Gasteiger partial charge in [-0.05, 0) is 43.2 Å². The van der Waals surface area contributed by atoms with E-state index in [2.05, 4.69) is 20.1 Å². The van der Waals surface area contributed by atoms with Crippen LogP contribution in [0, 0.1) is 11.8 Å². The molecule has 8 nitrogen and oxygen atoms in total. The number of aromatic nitrogens is 4. The Balaban J connectivity index is 1.44. The van der Waals surface area contributed by atoms with Crippen molar-refractivity contribution in [3.05, 3.63) is 24.5 Å². The summed E-state index contributed by atoms with van der Waals surface area (Å²) in [5.41, 5.74) is 0.761. The third-order valence-corrected chi connectivity index (χ3v) is 7.45. The second kappa shape index (κ2) is 6.87. The molecule has 4 rings (SSSR count). The average Bonchev–Trinajstić information content (AvgIpc) is 3.25. The first-order valence-electron chi connectivity index (χ1n) is 9.32. The molecule has 0 radical (unpaired) electrons. The molecule has 0 N–H and O–H groups in total. The van der Waals surface area contributed by atoms with Gasteiger partial charge in [-0.2, -0.15) is 0 Å². The van der Waals surface area contributed by atoms with E-state index in [0.29, 0.717) is 11.8 Å². The van der Waals surface area contributed by atoms with Crippen LogP contribution in [0.2, 0.25) is 0 Å². The first-order valence-corrected chi connectivity index (χ1v) is 11.2. The minimum Gasteiger partial charge on any atom is -0.355 e. The molecular formula is C18H26N6O2S. The number of aryl methyl sites for hydroxylation is 1. The zero-order chi connectivity index (χ0) is 19.2. The lowest BCUT2D eigenvalue weighted by atomic mass is 9.89. The molecule has 1 aliphatic carbocycles. The fourth-order valence-electron chi connectivity index (χ4n) is 4.45. The highest BCUT2D eigenvalue weighted by Crippen LogP contribution is 2.41. The third-order valence-electron chi connectivity index (χ3n) is 6.10. The Morgan fingerprint density at radius 1 is 1.19 bits per heavy atom. The molecule has 2 fully saturated rings. The average molecular weight is 391 g/mol. The topological polar surface area (TPSA) is 84.2 Å². The molecule has 0 unspecified atom stereocenters. The van der Waals surface area contributed by atoms with Gasteiger partial charge in [0.2, 0.25) is 10.0 Å². The van der Waals surface area contributed by atoms with Gasteiger partial charge in [-0.1, -0.05) is 0 Å². The third kappa shape index (κ3) is 3.58. The van der Waals surface area contributed by atoms with E-state index in [9.17, 15) is 8.42 Å². The summed E-state index contributed by atoms with van der Waals surface area (Å²) in [5, 5.41) is 8.78. The number of piperidine rings is 1. The van der Waals surface area contributed by atoms with Crippen molar-refractivity contribution in [2.45, 2.75) is 25.3 Å². The van der Waals surface area contributed by atoms with Crippen LogP contribution < -0.4 is 4.90 Å². The standard InChI is InChI=1S/C18H26N6O2S/c1-22-9-7-19-18(22)16-4-5-17(21-20-16)24-8-6-13-10-15(11-14(13)12-24)23(2)27(3,25)26/h4-5,7,9,13-15H,6,8,10-12H2,1-3H3/t13-,14-,15+/m1/s1. The Bertz CT molecular complexity index is 910. The summed E-state index contributed by atoms with van der Waals surface area (Å²) in [6.45, 7) is 1.85. The molecule has 1 saturated carbocycles. The quantitative estimate of drug-likeness (QED) is 0.784. The number of hydrogen-bond acceptors (Lipinski definition) is 6. The Morgan fingerprint density at radius 2 is 1.96 bits per heavy atom. The van der Waals surface area contributed by atoms with Crippen molar-refractivity contribution in [2.24, 2.45) is 18.9 Å². The van der Waals surface area contributed by atoms with Gasteiger partial charge in [0.25, 0.3) is 0 Å². The fraction of sp³-hybridized carbons (Fsp3) is 0.611. The molecule has 9 heteroatoms. The number of imidazole rings is 1. The predicted molar refractivity (Wildman–Crippen MR) is 104 cm³/mol. The summed E-state index contributed by atoms with van der Waals surface area (Å²) in [7, 11) is 0.507. The van der Waals surface area contributed by atoms with E-state index in [1.54, 1.807) is 17.5 Å². The maximum Gasteiger partial charge on any atom is 0.211 e. The molecule has 27 heavy (non-hydrogen) atoms. The van der Waals surface area contributed by atoms with Crippen LogP contribution >= 0.6 is 0 Å². The normalized spacial score (nSPS) is 25.8. The van der Waals surface area contributed by atoms with Gasteiger partial charge in [0.1, 0.15) is 5.69 Å². The van der Waals surface area contributed by atoms with E-state index >= 15 is 0 Å². The Morgan fingerprint density at radius 3 is 2.59 bits per heavy atom. The second-order valence-electron chi connectivity index (χ2n) is 7.80. The van der Waals surface area contributed by atoms with Gasteiger partial charge in [0, 0.05) is 45.6 Å². The lowest BCUT2D eigenvalue weighted by Gasteiger charge is -2.35. The van der Waals surface area contributed by atoms with Gasteiger partial charge in [0.05, 0.1) is 6.26 Å². The van der Waals surface area contributed by atoms with Gasteiger partial charge in [0.15, 0.2) is 11.6 Å². The zero-order valence-corrected chi connectivity index (χ0v) is 16.8. The van der Waals surface area contributed by atoms with E-state index in [1.807, 2.05) is 29.9 Å². The molecule has 146 valence electrons. The van der Waals surface area contributed by atoms with Crippen molar-refractivity contribution < 1.29 is 8.42 Å². The number of hydrogen-bond donors (Lipinski definition) is 0. The lowest BCUT2D eigenvalue weighted by molar-refractivity contribution is 0.322. The van der Waals surface area contributed by atoms with E-state index < -0.39 is 10.0 Å². The van der Waals surface area contributed by atoms with Gasteiger partial charge in [-0.15, -0.1) is 10.2 Å². The van der Waals surface area contributed by atoms with Crippen molar-refractivity contribution in [3.8, 4) is 11.5 Å². The molecule has 2 aromatic rings. The molecule has 1 saturated heterocycles. The lowest BCUT2D eigenvalue weighted by Crippen LogP contribution is -2.39. The Hall–Kier alpha value is -2.00. The largest absolute Gasteiger partial charge is 0.355 e. The molecule has 0 bridgehead atoms. The summed E-state index contributed by atoms with van der Waals surface area (Å²) in [6.07, 6.45) is 7.89. The highest BCUT2D eigenvalue weighted by Gasteiger charge is 2.41. The maximum absolute atomic E-state index is 11.9. The number of nitrogens with zero attached hydrogens (tertiary/aromatic N) is 6. The molecular weight excluding hydrogens is 364 g/mol. The van der Waals surface area contributed by atoms with Gasteiger partial charge >= 0.3 is 0 Å². The highest BCUT2D eigenvalue weighted by atomic mass is 32.2. The second-order valence-corrected chi connectivity index (χ2v) is 9.84. The van der Waals surface area contributed by atoms with Crippen LogP contribution in [0.5, 0.6) is 0 Å². The van der Waals surface area contributed by atoms with E-state index in [1.165, 1.54) is 6.26 Å². The summed E-state index contributed by atoms with van der Waals surface area (Å²) >= 11 is 0. The molecule has 0 aromatic carbocycles. The zero-order valence-electron chi connectivity index (χ0n) is 16.0. The van der Waals surface area contributed by atoms with Crippen molar-refractivity contribution in [3.63, 3.8) is 0 Å². The van der Waals surface area contributed by atoms with Crippen molar-refractivity contribution in [1.82, 2.24) is 24.1 Å². The van der Waals surface area contributed by atoms with Crippen molar-refractivity contribution >= 4 is 15.8 Å². The van der Waals surface area contributed by atoms with Crippen LogP contribution in [-0.2, 0) is 17.1 Å². The number of rotatable bonds is 4. The monoisotopic (exact) mass is 390 g/mol. The molecule has 2 aliphatic rings. The smallest absolute Gasteiger partial charge is 0.211 e. The highest BCUT2D eigenvalue weighted by molar-refractivity contribution is 7.88. The molecule has 3 heterocycles. The summed E-state index contributed by atoms with van der Waals surface area (Å²) in [6, 6.07) is 4.09. The number of sulfonamides is 1. The van der Waals surface area contributed by atoms with Crippen LogP contribution in [0.15, 0.2) is 24.5 Å². The fourth-order valence-corrected chi connectivity index (χ4v) is 5.17. The van der Waals surface area contributed by atoms with Crippen molar-refractivity contribution in [1.29, 1.82) is 0 Å². The molecule has 1 aliphatic heterocycles.